The van der Waals surface area contributed by atoms with Crippen molar-refractivity contribution in [3.05, 3.63) is 60.6 Å². The average Bonchev–Trinajstić information content (AvgIpc) is 3.22. The molecule has 0 aliphatic carbocycles. The Hall–Kier alpha value is -2.92. The lowest BCUT2D eigenvalue weighted by Gasteiger charge is -2.01. The minimum absolute atomic E-state index is 0.406. The van der Waals surface area contributed by atoms with Crippen LogP contribution in [0.5, 0.6) is 0 Å². The van der Waals surface area contributed by atoms with Crippen LogP contribution in [0.15, 0.2) is 59.4 Å². The van der Waals surface area contributed by atoms with Crippen molar-refractivity contribution in [3.8, 4) is 22.4 Å². The van der Waals surface area contributed by atoms with Crippen LogP contribution in [0.1, 0.15) is 5.76 Å². The second-order valence-corrected chi connectivity index (χ2v) is 5.30. The van der Waals surface area contributed by atoms with Gasteiger partial charge >= 0.3 is 0 Å². The Morgan fingerprint density at radius 2 is 2.00 bits per heavy atom. The summed E-state index contributed by atoms with van der Waals surface area (Å²) in [5.74, 6) is 0.698. The summed E-state index contributed by atoms with van der Waals surface area (Å²) in [5.41, 5.74) is 4.77. The molecule has 0 unspecified atom stereocenters. The van der Waals surface area contributed by atoms with Gasteiger partial charge < -0.3 is 14.2 Å². The molecule has 0 spiro atoms. The van der Waals surface area contributed by atoms with E-state index in [0.717, 1.165) is 33.4 Å². The van der Waals surface area contributed by atoms with Crippen LogP contribution in [0.4, 0.5) is 0 Å². The third kappa shape index (κ3) is 2.51. The number of aromatic amines is 1. The lowest BCUT2D eigenvalue weighted by Crippen LogP contribution is -1.83. The van der Waals surface area contributed by atoms with Crippen molar-refractivity contribution in [2.24, 2.45) is 0 Å². The van der Waals surface area contributed by atoms with Gasteiger partial charge in [0.15, 0.2) is 5.76 Å². The maximum atomic E-state index is 5.28. The molecule has 4 aromatic rings. The first-order chi connectivity index (χ1) is 11.3. The number of H-pyrrole nitrogens is 1. The van der Waals surface area contributed by atoms with Crippen molar-refractivity contribution in [2.75, 3.05) is 7.11 Å². The van der Waals surface area contributed by atoms with E-state index >= 15 is 0 Å². The molecule has 0 aliphatic heterocycles. The molecule has 0 bridgehead atoms. The van der Waals surface area contributed by atoms with Gasteiger partial charge in [0.05, 0.1) is 0 Å². The van der Waals surface area contributed by atoms with Crippen LogP contribution in [0.2, 0.25) is 0 Å². The first-order valence-electron chi connectivity index (χ1n) is 7.32. The number of pyridine rings is 1. The number of nitrogens with one attached hydrogen (secondary N) is 1. The van der Waals surface area contributed by atoms with Gasteiger partial charge in [-0.3, -0.25) is 0 Å². The van der Waals surface area contributed by atoms with E-state index in [0.29, 0.717) is 12.4 Å². The molecular weight excluding hydrogens is 290 g/mol. The molecule has 1 aromatic carbocycles. The summed E-state index contributed by atoms with van der Waals surface area (Å²) >= 11 is 0. The molecule has 5 nitrogen and oxygen atoms in total. The lowest BCUT2D eigenvalue weighted by molar-refractivity contribution is 0.156. The zero-order chi connectivity index (χ0) is 15.6. The van der Waals surface area contributed by atoms with Gasteiger partial charge in [-0.2, -0.15) is 0 Å². The summed E-state index contributed by atoms with van der Waals surface area (Å²) in [6.45, 7) is 0.406. The number of rotatable bonds is 4. The second kappa shape index (κ2) is 5.70. The van der Waals surface area contributed by atoms with Gasteiger partial charge in [-0.15, -0.1) is 0 Å². The van der Waals surface area contributed by atoms with E-state index in [1.807, 2.05) is 36.7 Å². The van der Waals surface area contributed by atoms with Crippen LogP contribution in [-0.2, 0) is 11.3 Å². The molecule has 3 heterocycles. The normalized spacial score (nSPS) is 11.2. The maximum absolute atomic E-state index is 5.28. The molecule has 0 fully saturated rings. The van der Waals surface area contributed by atoms with Gasteiger partial charge in [0.2, 0.25) is 0 Å². The van der Waals surface area contributed by atoms with Crippen molar-refractivity contribution in [1.29, 1.82) is 0 Å². The Kier molecular flexibility index (Phi) is 3.40. The number of hydrogen-bond acceptors (Lipinski definition) is 4. The minimum atomic E-state index is 0.406. The second-order valence-electron chi connectivity index (χ2n) is 5.30. The van der Waals surface area contributed by atoms with Crippen LogP contribution in [0.25, 0.3) is 33.4 Å². The van der Waals surface area contributed by atoms with Crippen LogP contribution in [0, 0.1) is 0 Å². The lowest BCUT2D eigenvalue weighted by atomic mass is 10.0. The number of ether oxygens (including phenoxy) is 1. The Morgan fingerprint density at radius 3 is 2.83 bits per heavy atom. The Balaban J connectivity index is 1.81. The predicted molar refractivity (Wildman–Crippen MR) is 87.7 cm³/mol. The number of benzene rings is 1. The van der Waals surface area contributed by atoms with Gasteiger partial charge in [-0.05, 0) is 11.6 Å². The summed E-state index contributed by atoms with van der Waals surface area (Å²) in [4.78, 5) is 7.69. The summed E-state index contributed by atoms with van der Waals surface area (Å²) in [5, 5.41) is 5.14. The number of aromatic nitrogens is 3. The summed E-state index contributed by atoms with van der Waals surface area (Å²) in [6.07, 6.45) is 3.78. The SMILES string of the molecule is COCc1cc(-c2c[nH]c3ncc(-c4ccccc4)cc23)no1. The van der Waals surface area contributed by atoms with Crippen molar-refractivity contribution < 1.29 is 9.26 Å². The summed E-state index contributed by atoms with van der Waals surface area (Å²) in [6, 6.07) is 14.2. The van der Waals surface area contributed by atoms with E-state index in [-0.39, 0.29) is 0 Å². The van der Waals surface area contributed by atoms with Gasteiger partial charge in [0, 0.05) is 42.1 Å². The smallest absolute Gasteiger partial charge is 0.162 e. The quantitative estimate of drug-likeness (QED) is 0.618. The molecule has 0 saturated carbocycles. The first-order valence-corrected chi connectivity index (χ1v) is 7.32. The molecule has 1 N–H and O–H groups in total. The van der Waals surface area contributed by atoms with E-state index in [1.165, 1.54) is 0 Å². The van der Waals surface area contributed by atoms with Crippen LogP contribution in [0.3, 0.4) is 0 Å². The van der Waals surface area contributed by atoms with Crippen LogP contribution < -0.4 is 0 Å². The Morgan fingerprint density at radius 1 is 1.13 bits per heavy atom. The molecule has 114 valence electrons. The largest absolute Gasteiger partial charge is 0.377 e. The number of nitrogens with zero attached hydrogens (tertiary/aromatic N) is 2. The molecular formula is C18H15N3O2. The molecule has 5 heteroatoms. The van der Waals surface area contributed by atoms with Crippen molar-refractivity contribution in [3.63, 3.8) is 0 Å². The molecule has 0 aliphatic rings. The number of methoxy groups -OCH3 is 1. The monoisotopic (exact) mass is 305 g/mol. The predicted octanol–water partition coefficient (Wildman–Crippen LogP) is 4.03. The van der Waals surface area contributed by atoms with Crippen molar-refractivity contribution in [1.82, 2.24) is 15.1 Å². The van der Waals surface area contributed by atoms with Crippen LogP contribution >= 0.6 is 0 Å². The number of hydrogen-bond donors (Lipinski definition) is 1. The molecule has 4 rings (SSSR count). The van der Waals surface area contributed by atoms with Crippen LogP contribution in [-0.4, -0.2) is 22.2 Å². The highest BCUT2D eigenvalue weighted by Crippen LogP contribution is 2.30. The van der Waals surface area contributed by atoms with E-state index in [9.17, 15) is 0 Å². The molecule has 0 atom stereocenters. The van der Waals surface area contributed by atoms with Gasteiger partial charge in [-0.1, -0.05) is 35.5 Å². The fourth-order valence-corrected chi connectivity index (χ4v) is 2.65. The van der Waals surface area contributed by atoms with Crippen molar-refractivity contribution >= 4 is 11.0 Å². The summed E-state index contributed by atoms with van der Waals surface area (Å²) < 4.78 is 10.4. The molecule has 23 heavy (non-hydrogen) atoms. The Bertz CT molecular complexity index is 941. The van der Waals surface area contributed by atoms with Gasteiger partial charge in [0.25, 0.3) is 0 Å². The molecule has 3 aromatic heterocycles. The van der Waals surface area contributed by atoms with E-state index < -0.39 is 0 Å². The van der Waals surface area contributed by atoms with Gasteiger partial charge in [-0.25, -0.2) is 4.98 Å². The highest BCUT2D eigenvalue weighted by molar-refractivity contribution is 5.94. The van der Waals surface area contributed by atoms with E-state index in [1.54, 1.807) is 7.11 Å². The van der Waals surface area contributed by atoms with E-state index in [2.05, 4.69) is 33.3 Å². The zero-order valence-corrected chi connectivity index (χ0v) is 12.6. The highest BCUT2D eigenvalue weighted by atomic mass is 16.5. The molecule has 0 saturated heterocycles. The molecule has 0 radical (unpaired) electrons. The van der Waals surface area contributed by atoms with E-state index in [4.69, 9.17) is 9.26 Å². The zero-order valence-electron chi connectivity index (χ0n) is 12.6. The fraction of sp³-hybridized carbons (Fsp3) is 0.111. The topological polar surface area (TPSA) is 63.9 Å². The summed E-state index contributed by atoms with van der Waals surface area (Å²) in [7, 11) is 1.63. The standard InChI is InChI=1S/C18H15N3O2/c1-22-11-14-8-17(21-23-14)16-10-20-18-15(16)7-13(9-19-18)12-5-3-2-4-6-12/h2-10H,11H2,1H3,(H,19,20). The first kappa shape index (κ1) is 13.7. The number of fused-ring (bicyclic) bond motifs is 1. The third-order valence-electron chi connectivity index (χ3n) is 3.76. The van der Waals surface area contributed by atoms with Gasteiger partial charge in [0.1, 0.15) is 17.9 Å². The average molecular weight is 305 g/mol. The highest BCUT2D eigenvalue weighted by Gasteiger charge is 2.13. The third-order valence-corrected chi connectivity index (χ3v) is 3.76. The van der Waals surface area contributed by atoms with Crippen molar-refractivity contribution in [2.45, 2.75) is 6.61 Å². The molecule has 0 amide bonds. The fourth-order valence-electron chi connectivity index (χ4n) is 2.65. The maximum Gasteiger partial charge on any atom is 0.162 e. The Labute approximate surface area is 132 Å². The minimum Gasteiger partial charge on any atom is -0.377 e.